The van der Waals surface area contributed by atoms with Crippen molar-refractivity contribution >= 4 is 32.8 Å². The Bertz CT molecular complexity index is 939. The van der Waals surface area contributed by atoms with Gasteiger partial charge in [-0.3, -0.25) is 9.78 Å². The summed E-state index contributed by atoms with van der Waals surface area (Å²) in [4.78, 5) is 35.1. The van der Waals surface area contributed by atoms with E-state index in [1.54, 1.807) is 43.5 Å². The summed E-state index contributed by atoms with van der Waals surface area (Å²) < 4.78 is 6.03. The van der Waals surface area contributed by atoms with Gasteiger partial charge in [0.15, 0.2) is 11.9 Å². The smallest absolute Gasteiger partial charge is 0.340 e. The number of para-hydroxylation sites is 1. The number of halogens is 1. The van der Waals surface area contributed by atoms with Crippen molar-refractivity contribution in [3.8, 4) is 0 Å². The molecule has 0 radical (unpaired) electrons. The molecule has 3 rings (SSSR count). The number of carbonyl (C=O) groups excluding carboxylic acids is 1. The van der Waals surface area contributed by atoms with E-state index in [1.165, 1.54) is 6.20 Å². The molecule has 0 unspecified atom stereocenters. The van der Waals surface area contributed by atoms with Crippen molar-refractivity contribution in [2.24, 2.45) is 0 Å². The Morgan fingerprint density at radius 2 is 2.09 bits per heavy atom. The first-order valence-corrected chi connectivity index (χ1v) is 7.64. The van der Waals surface area contributed by atoms with Crippen LogP contribution in [0.1, 0.15) is 29.2 Å². The lowest BCUT2D eigenvalue weighted by atomic mass is 10.2. The Labute approximate surface area is 139 Å². The van der Waals surface area contributed by atoms with Gasteiger partial charge in [-0.15, -0.1) is 0 Å². The molecule has 0 spiro atoms. The number of hydrogen-bond acceptors (Lipinski definition) is 5. The molecule has 6 nitrogen and oxygen atoms in total. The van der Waals surface area contributed by atoms with Gasteiger partial charge in [-0.2, -0.15) is 0 Å². The van der Waals surface area contributed by atoms with Crippen LogP contribution in [0.3, 0.4) is 0 Å². The first-order chi connectivity index (χ1) is 11.0. The molecule has 1 N–H and O–H groups in total. The van der Waals surface area contributed by atoms with Gasteiger partial charge in [-0.05, 0) is 41.1 Å². The van der Waals surface area contributed by atoms with Crippen LogP contribution in [0.5, 0.6) is 0 Å². The van der Waals surface area contributed by atoms with Crippen molar-refractivity contribution < 1.29 is 9.53 Å². The Hall–Kier alpha value is -2.54. The highest BCUT2D eigenvalue weighted by molar-refractivity contribution is 9.10. The third kappa shape index (κ3) is 3.29. The van der Waals surface area contributed by atoms with E-state index in [-0.39, 0.29) is 5.56 Å². The molecule has 2 aromatic heterocycles. The Morgan fingerprint density at radius 3 is 2.87 bits per heavy atom. The van der Waals surface area contributed by atoms with E-state index in [1.807, 2.05) is 0 Å². The number of aromatic amines is 1. The number of esters is 1. The number of benzene rings is 1. The second kappa shape index (κ2) is 6.29. The van der Waals surface area contributed by atoms with Crippen LogP contribution >= 0.6 is 15.9 Å². The normalized spacial score (nSPS) is 12.1. The van der Waals surface area contributed by atoms with E-state index in [0.29, 0.717) is 26.8 Å². The van der Waals surface area contributed by atoms with E-state index in [0.717, 1.165) is 0 Å². The van der Waals surface area contributed by atoms with E-state index >= 15 is 0 Å². The van der Waals surface area contributed by atoms with Gasteiger partial charge in [0, 0.05) is 16.9 Å². The molecule has 2 heterocycles. The van der Waals surface area contributed by atoms with Crippen LogP contribution in [0.25, 0.3) is 10.9 Å². The van der Waals surface area contributed by atoms with Crippen molar-refractivity contribution in [2.45, 2.75) is 13.0 Å². The number of H-pyrrole nitrogens is 1. The average molecular weight is 374 g/mol. The lowest BCUT2D eigenvalue weighted by Gasteiger charge is -2.13. The Balaban J connectivity index is 1.87. The molecule has 7 heteroatoms. The maximum Gasteiger partial charge on any atom is 0.340 e. The number of fused-ring (bicyclic) bond motifs is 1. The van der Waals surface area contributed by atoms with Gasteiger partial charge in [-0.25, -0.2) is 9.78 Å². The van der Waals surface area contributed by atoms with E-state index < -0.39 is 12.1 Å². The largest absolute Gasteiger partial charge is 0.451 e. The van der Waals surface area contributed by atoms with Crippen LogP contribution in [-0.4, -0.2) is 20.9 Å². The molecule has 1 aromatic carbocycles. The highest BCUT2D eigenvalue weighted by atomic mass is 79.9. The lowest BCUT2D eigenvalue weighted by Crippen LogP contribution is -2.17. The van der Waals surface area contributed by atoms with Gasteiger partial charge in [0.2, 0.25) is 0 Å². The van der Waals surface area contributed by atoms with Gasteiger partial charge < -0.3 is 9.72 Å². The number of rotatable bonds is 3. The summed E-state index contributed by atoms with van der Waals surface area (Å²) in [6, 6.07) is 8.60. The highest BCUT2D eigenvalue weighted by Crippen LogP contribution is 2.17. The minimum atomic E-state index is -0.696. The molecule has 116 valence electrons. The third-order valence-corrected chi connectivity index (χ3v) is 3.67. The number of aromatic nitrogens is 3. The van der Waals surface area contributed by atoms with Crippen LogP contribution in [0.4, 0.5) is 0 Å². The summed E-state index contributed by atoms with van der Waals surface area (Å²) in [5.74, 6) is -0.243. The number of ether oxygens (including phenoxy) is 1. The molecule has 0 saturated carbocycles. The molecule has 0 amide bonds. The van der Waals surface area contributed by atoms with Crippen LogP contribution in [0.15, 0.2) is 52.0 Å². The Kier molecular flexibility index (Phi) is 4.20. The van der Waals surface area contributed by atoms with E-state index in [4.69, 9.17) is 4.74 Å². The molecule has 1 atom stereocenters. The van der Waals surface area contributed by atoms with Crippen molar-refractivity contribution in [3.63, 3.8) is 0 Å². The summed E-state index contributed by atoms with van der Waals surface area (Å²) >= 11 is 3.25. The summed E-state index contributed by atoms with van der Waals surface area (Å²) in [5.41, 5.74) is 0.602. The fourth-order valence-electron chi connectivity index (χ4n) is 2.10. The topological polar surface area (TPSA) is 84.9 Å². The molecule has 23 heavy (non-hydrogen) atoms. The average Bonchev–Trinajstić information content (AvgIpc) is 2.54. The zero-order chi connectivity index (χ0) is 16.4. The fraction of sp³-hybridized carbons (Fsp3) is 0.125. The second-order valence-corrected chi connectivity index (χ2v) is 5.82. The standard InChI is InChI=1S/C16H12BrN3O3/c1-9(23-16(22)10-6-11(17)8-18-7-10)14-19-13-5-3-2-4-12(13)15(21)20-14/h2-9H,1H3,(H,19,20,21)/t9-/m0/s1. The zero-order valence-corrected chi connectivity index (χ0v) is 13.7. The number of pyridine rings is 1. The molecular weight excluding hydrogens is 362 g/mol. The molecule has 0 aliphatic carbocycles. The zero-order valence-electron chi connectivity index (χ0n) is 12.1. The fourth-order valence-corrected chi connectivity index (χ4v) is 2.47. The van der Waals surface area contributed by atoms with Crippen molar-refractivity contribution in [3.05, 3.63) is 68.9 Å². The molecule has 0 aliphatic rings. The predicted octanol–water partition coefficient (Wildman–Crippen LogP) is 3.00. The first-order valence-electron chi connectivity index (χ1n) is 6.85. The monoisotopic (exact) mass is 373 g/mol. The quantitative estimate of drug-likeness (QED) is 0.713. The number of nitrogens with zero attached hydrogens (tertiary/aromatic N) is 2. The van der Waals surface area contributed by atoms with Gasteiger partial charge in [0.25, 0.3) is 5.56 Å². The van der Waals surface area contributed by atoms with Gasteiger partial charge in [-0.1, -0.05) is 12.1 Å². The van der Waals surface area contributed by atoms with E-state index in [2.05, 4.69) is 30.9 Å². The van der Waals surface area contributed by atoms with Gasteiger partial charge >= 0.3 is 5.97 Å². The van der Waals surface area contributed by atoms with Crippen molar-refractivity contribution in [1.29, 1.82) is 0 Å². The number of nitrogens with one attached hydrogen (secondary N) is 1. The molecular formula is C16H12BrN3O3. The molecule has 0 fully saturated rings. The minimum Gasteiger partial charge on any atom is -0.451 e. The lowest BCUT2D eigenvalue weighted by molar-refractivity contribution is 0.0319. The Morgan fingerprint density at radius 1 is 1.30 bits per heavy atom. The van der Waals surface area contributed by atoms with Crippen molar-refractivity contribution in [1.82, 2.24) is 15.0 Å². The molecule has 0 saturated heterocycles. The number of hydrogen-bond donors (Lipinski definition) is 1. The minimum absolute atomic E-state index is 0.266. The SMILES string of the molecule is C[C@H](OC(=O)c1cncc(Br)c1)c1nc2ccccc2c(=O)[nH]1. The molecule has 0 bridgehead atoms. The van der Waals surface area contributed by atoms with Crippen LogP contribution in [0, 0.1) is 0 Å². The third-order valence-electron chi connectivity index (χ3n) is 3.24. The number of carbonyl (C=O) groups is 1. The van der Waals surface area contributed by atoms with E-state index in [9.17, 15) is 9.59 Å². The summed E-state index contributed by atoms with van der Waals surface area (Å²) in [7, 11) is 0. The maximum atomic E-state index is 12.1. The molecule has 0 aliphatic heterocycles. The summed E-state index contributed by atoms with van der Waals surface area (Å²) in [6.45, 7) is 1.65. The van der Waals surface area contributed by atoms with Crippen LogP contribution in [0.2, 0.25) is 0 Å². The summed E-state index contributed by atoms with van der Waals surface area (Å²) in [5, 5.41) is 0.492. The molecule has 3 aromatic rings. The first kappa shape index (κ1) is 15.4. The second-order valence-electron chi connectivity index (χ2n) is 4.91. The van der Waals surface area contributed by atoms with Crippen molar-refractivity contribution in [2.75, 3.05) is 0 Å². The van der Waals surface area contributed by atoms with Gasteiger partial charge in [0.05, 0.1) is 16.5 Å². The predicted molar refractivity (Wildman–Crippen MR) is 88.1 cm³/mol. The summed E-state index contributed by atoms with van der Waals surface area (Å²) in [6.07, 6.45) is 2.29. The highest BCUT2D eigenvalue weighted by Gasteiger charge is 2.17. The van der Waals surface area contributed by atoms with Crippen LogP contribution in [-0.2, 0) is 4.74 Å². The van der Waals surface area contributed by atoms with Crippen LogP contribution < -0.4 is 5.56 Å². The maximum absolute atomic E-state index is 12.1. The van der Waals surface area contributed by atoms with Gasteiger partial charge in [0.1, 0.15) is 0 Å².